The first-order valence-electron chi connectivity index (χ1n) is 11.4. The Labute approximate surface area is 178 Å². The summed E-state index contributed by atoms with van der Waals surface area (Å²) in [4.78, 5) is 34.2. The number of carbonyl (C=O) groups excluding carboxylic acids is 3. The van der Waals surface area contributed by atoms with Crippen LogP contribution >= 0.6 is 0 Å². The van der Waals surface area contributed by atoms with E-state index in [1.165, 1.54) is 91.4 Å². The van der Waals surface area contributed by atoms with Crippen molar-refractivity contribution in [2.24, 2.45) is 0 Å². The summed E-state index contributed by atoms with van der Waals surface area (Å²) in [5.41, 5.74) is 0. The largest absolute Gasteiger partial charge is 0.705 e. The van der Waals surface area contributed by atoms with Crippen molar-refractivity contribution in [3.8, 4) is 0 Å². The van der Waals surface area contributed by atoms with Crippen molar-refractivity contribution in [2.45, 2.75) is 124 Å². The molecule has 0 saturated heterocycles. The molecule has 0 fully saturated rings. The third-order valence-corrected chi connectivity index (χ3v) is 7.50. The van der Waals surface area contributed by atoms with E-state index in [-0.39, 0.29) is 6.04 Å². The topological polar surface area (TPSA) is 78.9 Å². The highest BCUT2D eigenvalue weighted by Crippen LogP contribution is 2.22. The second kappa shape index (κ2) is 17.5. The van der Waals surface area contributed by atoms with Crippen molar-refractivity contribution < 1.29 is 27.7 Å². The van der Waals surface area contributed by atoms with Crippen LogP contribution in [0.2, 0.25) is 6.04 Å². The Morgan fingerprint density at radius 3 is 1.07 bits per heavy atom. The van der Waals surface area contributed by atoms with Crippen LogP contribution in [0.15, 0.2) is 0 Å². The van der Waals surface area contributed by atoms with E-state index >= 15 is 0 Å². The van der Waals surface area contributed by atoms with Crippen LogP contribution < -0.4 is 0 Å². The molecule has 0 radical (unpaired) electrons. The number of hydrogen-bond acceptors (Lipinski definition) is 6. The third-order valence-electron chi connectivity index (χ3n) is 4.73. The highest BCUT2D eigenvalue weighted by atomic mass is 28.4. The van der Waals surface area contributed by atoms with Gasteiger partial charge in [0.25, 0.3) is 17.9 Å². The molecular weight excluding hydrogens is 388 g/mol. The maximum atomic E-state index is 11.4. The summed E-state index contributed by atoms with van der Waals surface area (Å²) in [7, 11) is -3.64. The zero-order chi connectivity index (χ0) is 22.0. The first-order chi connectivity index (χ1) is 13.8. The zero-order valence-electron chi connectivity index (χ0n) is 19.1. The van der Waals surface area contributed by atoms with Gasteiger partial charge in [-0.3, -0.25) is 14.4 Å². The quantitative estimate of drug-likeness (QED) is 0.193. The Balaban J connectivity index is 3.93. The van der Waals surface area contributed by atoms with Gasteiger partial charge >= 0.3 is 8.80 Å². The monoisotopic (exact) mass is 430 g/mol. The number of rotatable bonds is 18. The molecule has 0 amide bonds. The Bertz CT molecular complexity index is 425. The molecule has 0 N–H and O–H groups in total. The fraction of sp³-hybridized carbons (Fsp3) is 0.864. The van der Waals surface area contributed by atoms with Crippen molar-refractivity contribution in [1.82, 2.24) is 0 Å². The molecule has 0 aliphatic rings. The predicted molar refractivity (Wildman–Crippen MR) is 116 cm³/mol. The normalized spacial score (nSPS) is 11.2. The Morgan fingerprint density at radius 1 is 0.517 bits per heavy atom. The summed E-state index contributed by atoms with van der Waals surface area (Å²) < 4.78 is 15.6. The first kappa shape index (κ1) is 27.6. The van der Waals surface area contributed by atoms with Crippen molar-refractivity contribution in [1.29, 1.82) is 0 Å². The molecule has 0 bridgehead atoms. The smallest absolute Gasteiger partial charge is 0.455 e. The molecule has 0 rings (SSSR count). The molecule has 0 unspecified atom stereocenters. The highest BCUT2D eigenvalue weighted by Gasteiger charge is 2.51. The van der Waals surface area contributed by atoms with Gasteiger partial charge in [-0.2, -0.15) is 0 Å². The second-order valence-electron chi connectivity index (χ2n) is 7.81. The molecule has 0 aromatic heterocycles. The lowest BCUT2D eigenvalue weighted by atomic mass is 10.0. The molecule has 0 aliphatic carbocycles. The molecule has 0 spiro atoms. The molecule has 0 saturated carbocycles. The fourth-order valence-electron chi connectivity index (χ4n) is 3.41. The molecule has 29 heavy (non-hydrogen) atoms. The van der Waals surface area contributed by atoms with Gasteiger partial charge in [-0.1, -0.05) is 90.4 Å². The van der Waals surface area contributed by atoms with Gasteiger partial charge in [-0.15, -0.1) is 0 Å². The Kier molecular flexibility index (Phi) is 16.7. The minimum atomic E-state index is -3.64. The SMILES string of the molecule is CCCCCCCCCCCCCCCC[Si](OC(C)=O)(OC(C)=O)OC(C)=O. The summed E-state index contributed by atoms with van der Waals surface area (Å²) >= 11 is 0. The summed E-state index contributed by atoms with van der Waals surface area (Å²) in [6, 6.07) is 0.282. The zero-order valence-corrected chi connectivity index (χ0v) is 20.1. The average molecular weight is 431 g/mol. The van der Waals surface area contributed by atoms with Crippen LogP contribution in [-0.2, 0) is 27.7 Å². The summed E-state index contributed by atoms with van der Waals surface area (Å²) in [5, 5.41) is 0. The first-order valence-corrected chi connectivity index (χ1v) is 13.3. The van der Waals surface area contributed by atoms with Gasteiger partial charge in [-0.25, -0.2) is 0 Å². The third kappa shape index (κ3) is 17.2. The molecule has 0 aromatic carbocycles. The van der Waals surface area contributed by atoms with E-state index < -0.39 is 26.7 Å². The van der Waals surface area contributed by atoms with Crippen LogP contribution in [-0.4, -0.2) is 26.7 Å². The van der Waals surface area contributed by atoms with Crippen LogP contribution in [0.25, 0.3) is 0 Å². The lowest BCUT2D eigenvalue weighted by Gasteiger charge is -2.26. The Morgan fingerprint density at radius 2 is 0.793 bits per heavy atom. The van der Waals surface area contributed by atoms with Gasteiger partial charge in [0.2, 0.25) is 0 Å². The maximum absolute atomic E-state index is 11.4. The summed E-state index contributed by atoms with van der Waals surface area (Å²) in [6.07, 6.45) is 17.2. The van der Waals surface area contributed by atoms with Gasteiger partial charge in [0.05, 0.1) is 6.04 Å². The van der Waals surface area contributed by atoms with E-state index in [1.54, 1.807) is 0 Å². The van der Waals surface area contributed by atoms with E-state index in [0.717, 1.165) is 12.8 Å². The number of unbranched alkanes of at least 4 members (excludes halogenated alkanes) is 13. The van der Waals surface area contributed by atoms with Crippen molar-refractivity contribution in [2.75, 3.05) is 0 Å². The van der Waals surface area contributed by atoms with Gasteiger partial charge < -0.3 is 13.3 Å². The molecule has 170 valence electrons. The van der Waals surface area contributed by atoms with E-state index in [0.29, 0.717) is 6.42 Å². The summed E-state index contributed by atoms with van der Waals surface area (Å²) in [6.45, 7) is 5.91. The summed E-state index contributed by atoms with van der Waals surface area (Å²) in [5.74, 6) is -1.82. The Hall–Kier alpha value is -1.37. The molecular formula is C22H42O6Si. The lowest BCUT2D eigenvalue weighted by molar-refractivity contribution is -0.147. The van der Waals surface area contributed by atoms with E-state index in [2.05, 4.69) is 6.92 Å². The van der Waals surface area contributed by atoms with Crippen molar-refractivity contribution in [3.63, 3.8) is 0 Å². The van der Waals surface area contributed by atoms with Crippen LogP contribution in [0.5, 0.6) is 0 Å². The van der Waals surface area contributed by atoms with E-state index in [1.807, 2.05) is 0 Å². The lowest BCUT2D eigenvalue weighted by Crippen LogP contribution is -2.49. The molecule has 6 nitrogen and oxygen atoms in total. The van der Waals surface area contributed by atoms with Gasteiger partial charge in [0.15, 0.2) is 0 Å². The average Bonchev–Trinajstić information content (AvgIpc) is 2.60. The molecule has 0 heterocycles. The van der Waals surface area contributed by atoms with E-state index in [4.69, 9.17) is 13.3 Å². The number of hydrogen-bond donors (Lipinski definition) is 0. The van der Waals surface area contributed by atoms with Crippen LogP contribution in [0.3, 0.4) is 0 Å². The van der Waals surface area contributed by atoms with Crippen LogP contribution in [0.4, 0.5) is 0 Å². The van der Waals surface area contributed by atoms with E-state index in [9.17, 15) is 14.4 Å². The van der Waals surface area contributed by atoms with Gasteiger partial charge in [0, 0.05) is 20.8 Å². The molecule has 0 aromatic rings. The van der Waals surface area contributed by atoms with Crippen LogP contribution in [0, 0.1) is 0 Å². The molecule has 0 aliphatic heterocycles. The standard InChI is InChI=1S/C22H42O6Si/c1-5-6-7-8-9-10-11-12-13-14-15-16-17-18-19-29(26-20(2)23,27-21(3)24)28-22(4)25/h5-19H2,1-4H3. The molecule has 7 heteroatoms. The van der Waals surface area contributed by atoms with Crippen molar-refractivity contribution >= 4 is 26.7 Å². The highest BCUT2D eigenvalue weighted by molar-refractivity contribution is 6.65. The minimum Gasteiger partial charge on any atom is -0.455 e. The molecule has 0 atom stereocenters. The van der Waals surface area contributed by atoms with Crippen LogP contribution in [0.1, 0.15) is 118 Å². The second-order valence-corrected chi connectivity index (χ2v) is 10.3. The fourth-order valence-corrected chi connectivity index (χ4v) is 5.84. The number of carbonyl (C=O) groups is 3. The minimum absolute atomic E-state index is 0.282. The van der Waals surface area contributed by atoms with Gasteiger partial charge in [0.1, 0.15) is 0 Å². The maximum Gasteiger partial charge on any atom is 0.705 e. The van der Waals surface area contributed by atoms with Gasteiger partial charge in [-0.05, 0) is 6.42 Å². The van der Waals surface area contributed by atoms with Crippen molar-refractivity contribution in [3.05, 3.63) is 0 Å². The predicted octanol–water partition coefficient (Wildman–Crippen LogP) is 6.10.